The standard InChI is InChI=1S/C7H3ClF3NO2/c8-4-2(1-3(13)14)5(9)7(11)12-6(4)10/h1H2,(H,13,14). The highest BCUT2D eigenvalue weighted by molar-refractivity contribution is 6.31. The Morgan fingerprint density at radius 3 is 2.43 bits per heavy atom. The molecule has 0 unspecified atom stereocenters. The van der Waals surface area contributed by atoms with Crippen molar-refractivity contribution in [3.8, 4) is 0 Å². The molecule has 0 bridgehead atoms. The molecule has 0 saturated carbocycles. The van der Waals surface area contributed by atoms with Crippen molar-refractivity contribution in [2.24, 2.45) is 0 Å². The monoisotopic (exact) mass is 225 g/mol. The Kier molecular flexibility index (Phi) is 2.95. The fraction of sp³-hybridized carbons (Fsp3) is 0.143. The summed E-state index contributed by atoms with van der Waals surface area (Å²) in [6.07, 6.45) is -0.902. The molecule has 0 aliphatic carbocycles. The SMILES string of the molecule is O=C(O)Cc1c(F)c(F)nc(F)c1Cl. The summed E-state index contributed by atoms with van der Waals surface area (Å²) in [6, 6.07) is 0. The van der Waals surface area contributed by atoms with E-state index in [2.05, 4.69) is 4.98 Å². The zero-order chi connectivity index (χ0) is 10.9. The van der Waals surface area contributed by atoms with E-state index < -0.39 is 40.7 Å². The van der Waals surface area contributed by atoms with Crippen molar-refractivity contribution in [1.82, 2.24) is 4.98 Å². The predicted octanol–water partition coefficient (Wildman–Crippen LogP) is 1.78. The van der Waals surface area contributed by atoms with Gasteiger partial charge in [0, 0.05) is 5.56 Å². The smallest absolute Gasteiger partial charge is 0.307 e. The van der Waals surface area contributed by atoms with Crippen LogP contribution in [-0.2, 0) is 11.2 Å². The van der Waals surface area contributed by atoms with Crippen molar-refractivity contribution < 1.29 is 23.1 Å². The minimum Gasteiger partial charge on any atom is -0.481 e. The van der Waals surface area contributed by atoms with Crippen LogP contribution in [0.1, 0.15) is 5.56 Å². The van der Waals surface area contributed by atoms with Crippen LogP contribution >= 0.6 is 11.6 Å². The van der Waals surface area contributed by atoms with Crippen molar-refractivity contribution in [1.29, 1.82) is 0 Å². The van der Waals surface area contributed by atoms with Crippen molar-refractivity contribution in [3.63, 3.8) is 0 Å². The molecule has 0 spiro atoms. The lowest BCUT2D eigenvalue weighted by Gasteiger charge is -2.03. The largest absolute Gasteiger partial charge is 0.481 e. The number of rotatable bonds is 2. The lowest BCUT2D eigenvalue weighted by Crippen LogP contribution is -2.08. The molecule has 1 N–H and O–H groups in total. The first kappa shape index (κ1) is 10.8. The van der Waals surface area contributed by atoms with Crippen molar-refractivity contribution >= 4 is 17.6 Å². The zero-order valence-electron chi connectivity index (χ0n) is 6.52. The molecule has 14 heavy (non-hydrogen) atoms. The molecular weight excluding hydrogens is 223 g/mol. The van der Waals surface area contributed by atoms with Crippen molar-refractivity contribution in [3.05, 3.63) is 28.3 Å². The van der Waals surface area contributed by atoms with E-state index in [4.69, 9.17) is 16.7 Å². The van der Waals surface area contributed by atoms with Crippen LogP contribution < -0.4 is 0 Å². The van der Waals surface area contributed by atoms with Gasteiger partial charge in [-0.1, -0.05) is 11.6 Å². The second kappa shape index (κ2) is 3.83. The summed E-state index contributed by atoms with van der Waals surface area (Å²) >= 11 is 5.21. The Morgan fingerprint density at radius 1 is 1.36 bits per heavy atom. The summed E-state index contributed by atoms with van der Waals surface area (Å²) in [6.45, 7) is 0. The topological polar surface area (TPSA) is 50.2 Å². The van der Waals surface area contributed by atoms with Crippen LogP contribution in [0.5, 0.6) is 0 Å². The molecule has 76 valence electrons. The lowest BCUT2D eigenvalue weighted by molar-refractivity contribution is -0.136. The third-order valence-electron chi connectivity index (χ3n) is 1.42. The van der Waals surface area contributed by atoms with Gasteiger partial charge in [0.25, 0.3) is 5.95 Å². The van der Waals surface area contributed by atoms with Crippen LogP contribution in [0.25, 0.3) is 0 Å². The van der Waals surface area contributed by atoms with Crippen LogP contribution in [0, 0.1) is 17.7 Å². The third-order valence-corrected chi connectivity index (χ3v) is 1.80. The Balaban J connectivity index is 3.31. The van der Waals surface area contributed by atoms with E-state index in [1.165, 1.54) is 0 Å². The highest BCUT2D eigenvalue weighted by Gasteiger charge is 2.20. The van der Waals surface area contributed by atoms with E-state index >= 15 is 0 Å². The van der Waals surface area contributed by atoms with Gasteiger partial charge in [0.05, 0.1) is 6.42 Å². The summed E-state index contributed by atoms with van der Waals surface area (Å²) < 4.78 is 38.0. The van der Waals surface area contributed by atoms with Gasteiger partial charge in [-0.15, -0.1) is 0 Å². The molecule has 0 saturated heterocycles. The molecular formula is C7H3ClF3NO2. The second-order valence-electron chi connectivity index (χ2n) is 2.37. The number of carboxylic acids is 1. The molecule has 1 aromatic rings. The van der Waals surface area contributed by atoms with Crippen LogP contribution in [0.15, 0.2) is 0 Å². The summed E-state index contributed by atoms with van der Waals surface area (Å²) in [5.41, 5.74) is -0.746. The maximum atomic E-state index is 12.9. The molecule has 0 fully saturated rings. The number of carboxylic acid groups (broad SMARTS) is 1. The number of carbonyl (C=O) groups is 1. The highest BCUT2D eigenvalue weighted by Crippen LogP contribution is 2.23. The number of hydrogen-bond acceptors (Lipinski definition) is 2. The summed E-state index contributed by atoms with van der Waals surface area (Å²) in [5, 5.41) is 7.49. The number of aromatic nitrogens is 1. The van der Waals surface area contributed by atoms with E-state index in [0.717, 1.165) is 0 Å². The molecule has 0 amide bonds. The predicted molar refractivity (Wildman–Crippen MR) is 40.5 cm³/mol. The Labute approximate surface area is 81.1 Å². The van der Waals surface area contributed by atoms with E-state index in [-0.39, 0.29) is 0 Å². The third kappa shape index (κ3) is 1.95. The molecule has 1 heterocycles. The number of pyridine rings is 1. The average molecular weight is 226 g/mol. The molecule has 0 aromatic carbocycles. The van der Waals surface area contributed by atoms with Gasteiger partial charge in [0.1, 0.15) is 5.02 Å². The summed E-state index contributed by atoms with van der Waals surface area (Å²) in [7, 11) is 0. The molecule has 7 heteroatoms. The van der Waals surface area contributed by atoms with Gasteiger partial charge in [-0.2, -0.15) is 13.8 Å². The van der Waals surface area contributed by atoms with Gasteiger partial charge in [-0.25, -0.2) is 4.39 Å². The molecule has 1 rings (SSSR count). The first-order chi connectivity index (χ1) is 6.43. The summed E-state index contributed by atoms with van der Waals surface area (Å²) in [5.74, 6) is -6.13. The molecule has 0 atom stereocenters. The average Bonchev–Trinajstić information content (AvgIpc) is 2.09. The number of hydrogen-bond donors (Lipinski definition) is 1. The fourth-order valence-corrected chi connectivity index (χ4v) is 1.03. The van der Waals surface area contributed by atoms with Gasteiger partial charge >= 0.3 is 5.97 Å². The Morgan fingerprint density at radius 2 is 1.93 bits per heavy atom. The molecule has 1 aromatic heterocycles. The second-order valence-corrected chi connectivity index (χ2v) is 2.75. The fourth-order valence-electron chi connectivity index (χ4n) is 0.836. The molecule has 3 nitrogen and oxygen atoms in total. The van der Waals surface area contributed by atoms with Crippen LogP contribution in [0.4, 0.5) is 13.2 Å². The van der Waals surface area contributed by atoms with Crippen LogP contribution in [-0.4, -0.2) is 16.1 Å². The van der Waals surface area contributed by atoms with E-state index in [0.29, 0.717) is 0 Å². The highest BCUT2D eigenvalue weighted by atomic mass is 35.5. The number of nitrogens with zero attached hydrogens (tertiary/aromatic N) is 1. The van der Waals surface area contributed by atoms with E-state index in [1.807, 2.05) is 0 Å². The number of halogens is 4. The van der Waals surface area contributed by atoms with Gasteiger partial charge in [-0.05, 0) is 0 Å². The maximum absolute atomic E-state index is 12.9. The van der Waals surface area contributed by atoms with Crippen molar-refractivity contribution in [2.75, 3.05) is 0 Å². The minimum atomic E-state index is -1.71. The van der Waals surface area contributed by atoms with E-state index in [9.17, 15) is 18.0 Å². The van der Waals surface area contributed by atoms with Crippen LogP contribution in [0.3, 0.4) is 0 Å². The van der Waals surface area contributed by atoms with Gasteiger partial charge in [-0.3, -0.25) is 4.79 Å². The molecule has 0 aliphatic heterocycles. The van der Waals surface area contributed by atoms with Crippen LogP contribution in [0.2, 0.25) is 5.02 Å². The first-order valence-corrected chi connectivity index (χ1v) is 3.72. The zero-order valence-corrected chi connectivity index (χ0v) is 7.28. The van der Waals surface area contributed by atoms with Crippen molar-refractivity contribution in [2.45, 2.75) is 6.42 Å². The summed E-state index contributed by atoms with van der Waals surface area (Å²) in [4.78, 5) is 12.7. The Hall–Kier alpha value is -1.30. The Bertz CT molecular complexity index is 371. The molecule has 0 aliphatic rings. The normalized spacial score (nSPS) is 10.3. The quantitative estimate of drug-likeness (QED) is 0.781. The molecule has 0 radical (unpaired) electrons. The van der Waals surface area contributed by atoms with Gasteiger partial charge < -0.3 is 5.11 Å². The maximum Gasteiger partial charge on any atom is 0.307 e. The first-order valence-electron chi connectivity index (χ1n) is 3.34. The van der Waals surface area contributed by atoms with Gasteiger partial charge in [0.2, 0.25) is 5.95 Å². The number of aliphatic carboxylic acids is 1. The lowest BCUT2D eigenvalue weighted by atomic mass is 10.2. The van der Waals surface area contributed by atoms with Gasteiger partial charge in [0.15, 0.2) is 5.82 Å². The minimum absolute atomic E-state index is 0.746. The van der Waals surface area contributed by atoms with E-state index in [1.54, 1.807) is 0 Å².